The summed E-state index contributed by atoms with van der Waals surface area (Å²) in [6, 6.07) is 1.48. The van der Waals surface area contributed by atoms with Gasteiger partial charge in [0.2, 0.25) is 0 Å². The van der Waals surface area contributed by atoms with Crippen molar-refractivity contribution >= 4 is 5.82 Å². The van der Waals surface area contributed by atoms with Gasteiger partial charge in [-0.3, -0.25) is 0 Å². The third-order valence-electron chi connectivity index (χ3n) is 2.99. The molecule has 0 atom stereocenters. The molecular weight excluding hydrogens is 205 g/mol. The maximum Gasteiger partial charge on any atom is 0.141 e. The molecule has 88 valence electrons. The molecule has 0 saturated heterocycles. The molecule has 2 rings (SSSR count). The Hall–Kier alpha value is -1.16. The average Bonchev–Trinajstić information content (AvgIpc) is 3.10. The van der Waals surface area contributed by atoms with E-state index in [-0.39, 0.29) is 5.82 Å². The van der Waals surface area contributed by atoms with Crippen molar-refractivity contribution in [3.8, 4) is 0 Å². The largest absolute Gasteiger partial charge is 0.356 e. The van der Waals surface area contributed by atoms with Gasteiger partial charge in [-0.2, -0.15) is 0 Å². The van der Waals surface area contributed by atoms with Crippen molar-refractivity contribution in [3.05, 3.63) is 23.6 Å². The van der Waals surface area contributed by atoms with Gasteiger partial charge in [0.15, 0.2) is 0 Å². The SMILES string of the molecule is CCN(CC1CC1)c1ncc(F)cc1CN. The maximum absolute atomic E-state index is 13.0. The van der Waals surface area contributed by atoms with Gasteiger partial charge in [-0.15, -0.1) is 0 Å². The molecule has 1 aliphatic rings. The van der Waals surface area contributed by atoms with E-state index in [1.54, 1.807) is 0 Å². The van der Waals surface area contributed by atoms with Gasteiger partial charge in [-0.1, -0.05) is 0 Å². The molecule has 1 aromatic rings. The Labute approximate surface area is 95.5 Å². The van der Waals surface area contributed by atoms with Crippen molar-refractivity contribution in [1.29, 1.82) is 0 Å². The molecule has 1 saturated carbocycles. The molecule has 1 aliphatic carbocycles. The van der Waals surface area contributed by atoms with Gasteiger partial charge in [0.1, 0.15) is 11.6 Å². The van der Waals surface area contributed by atoms with Gasteiger partial charge < -0.3 is 10.6 Å². The van der Waals surface area contributed by atoms with Crippen molar-refractivity contribution in [1.82, 2.24) is 4.98 Å². The van der Waals surface area contributed by atoms with Crippen LogP contribution in [0.3, 0.4) is 0 Å². The molecule has 1 fully saturated rings. The minimum Gasteiger partial charge on any atom is -0.356 e. The van der Waals surface area contributed by atoms with Gasteiger partial charge in [-0.05, 0) is 31.7 Å². The van der Waals surface area contributed by atoms with Crippen LogP contribution in [0.1, 0.15) is 25.3 Å². The second-order valence-corrected chi connectivity index (χ2v) is 4.32. The van der Waals surface area contributed by atoms with Crippen molar-refractivity contribution in [2.75, 3.05) is 18.0 Å². The van der Waals surface area contributed by atoms with Crippen molar-refractivity contribution in [3.63, 3.8) is 0 Å². The monoisotopic (exact) mass is 223 g/mol. The highest BCUT2D eigenvalue weighted by Crippen LogP contribution is 2.31. The van der Waals surface area contributed by atoms with Crippen molar-refractivity contribution < 1.29 is 4.39 Å². The molecule has 4 heteroatoms. The topological polar surface area (TPSA) is 42.2 Å². The molecule has 0 aromatic carbocycles. The van der Waals surface area contributed by atoms with Crippen LogP contribution < -0.4 is 10.6 Å². The summed E-state index contributed by atoms with van der Waals surface area (Å²) >= 11 is 0. The number of rotatable bonds is 5. The summed E-state index contributed by atoms with van der Waals surface area (Å²) in [6.45, 7) is 4.33. The molecule has 0 bridgehead atoms. The summed E-state index contributed by atoms with van der Waals surface area (Å²) in [5.41, 5.74) is 6.42. The van der Waals surface area contributed by atoms with E-state index in [4.69, 9.17) is 5.73 Å². The van der Waals surface area contributed by atoms with Gasteiger partial charge >= 0.3 is 0 Å². The lowest BCUT2D eigenvalue weighted by Gasteiger charge is -2.24. The minimum atomic E-state index is -0.313. The van der Waals surface area contributed by atoms with Crippen LogP contribution in [0.4, 0.5) is 10.2 Å². The Morgan fingerprint density at radius 2 is 2.31 bits per heavy atom. The van der Waals surface area contributed by atoms with Crippen molar-refractivity contribution in [2.24, 2.45) is 11.7 Å². The molecule has 0 amide bonds. The highest BCUT2D eigenvalue weighted by atomic mass is 19.1. The molecule has 3 nitrogen and oxygen atoms in total. The molecule has 1 aromatic heterocycles. The molecule has 0 radical (unpaired) electrons. The Bertz CT molecular complexity index is 363. The zero-order valence-electron chi connectivity index (χ0n) is 9.62. The van der Waals surface area contributed by atoms with E-state index in [1.165, 1.54) is 25.1 Å². The molecule has 2 N–H and O–H groups in total. The number of hydrogen-bond donors (Lipinski definition) is 1. The summed E-state index contributed by atoms with van der Waals surface area (Å²) in [7, 11) is 0. The number of aromatic nitrogens is 1. The molecule has 16 heavy (non-hydrogen) atoms. The first-order valence-corrected chi connectivity index (χ1v) is 5.84. The van der Waals surface area contributed by atoms with E-state index in [1.807, 2.05) is 0 Å². The lowest BCUT2D eigenvalue weighted by Crippen LogP contribution is -2.27. The predicted octanol–water partition coefficient (Wildman–Crippen LogP) is 1.92. The Morgan fingerprint density at radius 3 is 2.88 bits per heavy atom. The smallest absolute Gasteiger partial charge is 0.141 e. The third kappa shape index (κ3) is 2.50. The Balaban J connectivity index is 2.21. The van der Waals surface area contributed by atoms with E-state index >= 15 is 0 Å². The second kappa shape index (κ2) is 4.78. The van der Waals surface area contributed by atoms with Gasteiger partial charge in [-0.25, -0.2) is 9.37 Å². The number of hydrogen-bond acceptors (Lipinski definition) is 3. The Kier molecular flexibility index (Phi) is 3.39. The first-order chi connectivity index (χ1) is 7.74. The van der Waals surface area contributed by atoms with E-state index in [0.29, 0.717) is 6.54 Å². The fraction of sp³-hybridized carbons (Fsp3) is 0.583. The minimum absolute atomic E-state index is 0.313. The summed E-state index contributed by atoms with van der Waals surface area (Å²) in [6.07, 6.45) is 3.87. The van der Waals surface area contributed by atoms with Crippen LogP contribution in [-0.4, -0.2) is 18.1 Å². The van der Waals surface area contributed by atoms with E-state index in [2.05, 4.69) is 16.8 Å². The summed E-state index contributed by atoms with van der Waals surface area (Å²) in [5, 5.41) is 0. The van der Waals surface area contributed by atoms with Gasteiger partial charge in [0, 0.05) is 25.2 Å². The van der Waals surface area contributed by atoms with Crippen LogP contribution >= 0.6 is 0 Å². The zero-order chi connectivity index (χ0) is 11.5. The molecule has 1 heterocycles. The van der Waals surface area contributed by atoms with E-state index < -0.39 is 0 Å². The quantitative estimate of drug-likeness (QED) is 0.829. The molecule has 0 spiro atoms. The third-order valence-corrected chi connectivity index (χ3v) is 2.99. The van der Waals surface area contributed by atoms with Crippen LogP contribution in [0.15, 0.2) is 12.3 Å². The van der Waals surface area contributed by atoms with Crippen LogP contribution in [0.2, 0.25) is 0 Å². The molecular formula is C12H18FN3. The lowest BCUT2D eigenvalue weighted by molar-refractivity contribution is 0.616. The van der Waals surface area contributed by atoms with E-state index in [9.17, 15) is 4.39 Å². The first kappa shape index (κ1) is 11.3. The normalized spacial score (nSPS) is 15.2. The average molecular weight is 223 g/mol. The Morgan fingerprint density at radius 1 is 1.56 bits per heavy atom. The molecule has 0 unspecified atom stereocenters. The summed E-state index contributed by atoms with van der Waals surface area (Å²) in [5.74, 6) is 1.32. The maximum atomic E-state index is 13.0. The van der Waals surface area contributed by atoms with Gasteiger partial charge in [0.05, 0.1) is 6.20 Å². The standard InChI is InChI=1S/C12H18FN3/c1-2-16(8-9-3-4-9)12-10(6-14)5-11(13)7-15-12/h5,7,9H,2-4,6,8,14H2,1H3. The number of pyridine rings is 1. The zero-order valence-corrected chi connectivity index (χ0v) is 9.62. The second-order valence-electron chi connectivity index (χ2n) is 4.32. The van der Waals surface area contributed by atoms with Crippen molar-refractivity contribution in [2.45, 2.75) is 26.3 Å². The number of nitrogens with two attached hydrogens (primary N) is 1. The fourth-order valence-corrected chi connectivity index (χ4v) is 1.89. The summed E-state index contributed by atoms with van der Waals surface area (Å²) < 4.78 is 13.0. The molecule has 0 aliphatic heterocycles. The van der Waals surface area contributed by atoms with Crippen LogP contribution in [0, 0.1) is 11.7 Å². The van der Waals surface area contributed by atoms with Crippen LogP contribution in [0.5, 0.6) is 0 Å². The lowest BCUT2D eigenvalue weighted by atomic mass is 10.2. The number of halogens is 1. The van der Waals surface area contributed by atoms with Crippen LogP contribution in [0.25, 0.3) is 0 Å². The first-order valence-electron chi connectivity index (χ1n) is 5.84. The van der Waals surface area contributed by atoms with Crippen LogP contribution in [-0.2, 0) is 6.54 Å². The van der Waals surface area contributed by atoms with E-state index in [0.717, 1.165) is 30.4 Å². The highest BCUT2D eigenvalue weighted by Gasteiger charge is 2.25. The highest BCUT2D eigenvalue weighted by molar-refractivity contribution is 5.47. The summed E-state index contributed by atoms with van der Waals surface area (Å²) in [4.78, 5) is 6.37. The number of nitrogens with zero attached hydrogens (tertiary/aromatic N) is 2. The van der Waals surface area contributed by atoms with Gasteiger partial charge in [0.25, 0.3) is 0 Å². The number of anilines is 1. The fourth-order valence-electron chi connectivity index (χ4n) is 1.89. The predicted molar refractivity (Wildman–Crippen MR) is 62.7 cm³/mol.